The molecule has 0 unspecified atom stereocenters. The average Bonchev–Trinajstić information content (AvgIpc) is 2.25. The smallest absolute Gasteiger partial charge is 0.136 e. The van der Waals surface area contributed by atoms with Crippen LogP contribution in [0, 0.1) is 16.7 Å². The molecule has 0 amide bonds. The van der Waals surface area contributed by atoms with E-state index in [0.29, 0.717) is 12.8 Å². The van der Waals surface area contributed by atoms with Crippen LogP contribution in [0.1, 0.15) is 25.3 Å². The molecule has 2 rings (SSSR count). The molecule has 0 aromatic heterocycles. The zero-order valence-corrected chi connectivity index (χ0v) is 9.23. The van der Waals surface area contributed by atoms with Crippen LogP contribution in [0.2, 0.25) is 0 Å². The molecule has 0 spiro atoms. The number of hydrogen-bond acceptors (Lipinski definition) is 2. The van der Waals surface area contributed by atoms with E-state index in [2.05, 4.69) is 6.07 Å². The lowest BCUT2D eigenvalue weighted by Crippen LogP contribution is -2.37. The number of carbonyl (C=O) groups is 1. The molecule has 80 valence electrons. The molecular weight excluding hydrogens is 198 g/mol. The molecule has 0 N–H and O–H groups in total. The maximum atomic E-state index is 11.1. The summed E-state index contributed by atoms with van der Waals surface area (Å²) < 4.78 is 0. The third-order valence-corrected chi connectivity index (χ3v) is 3.15. The Hall–Kier alpha value is -1.88. The SMILES string of the molecule is C/C(=C\c1ccccc1)C1(C#N)CC(=O)C1. The van der Waals surface area contributed by atoms with Gasteiger partial charge in [0.25, 0.3) is 0 Å². The van der Waals surface area contributed by atoms with Gasteiger partial charge in [-0.05, 0) is 12.5 Å². The van der Waals surface area contributed by atoms with Gasteiger partial charge in [-0.15, -0.1) is 0 Å². The average molecular weight is 211 g/mol. The predicted octanol–water partition coefficient (Wildman–Crippen LogP) is 2.96. The minimum absolute atomic E-state index is 0.183. The number of hydrogen-bond donors (Lipinski definition) is 0. The number of benzene rings is 1. The van der Waals surface area contributed by atoms with Gasteiger partial charge in [-0.3, -0.25) is 4.79 Å². The molecule has 1 aliphatic rings. The molecule has 0 bridgehead atoms. The van der Waals surface area contributed by atoms with Crippen LogP contribution in [0.15, 0.2) is 35.9 Å². The van der Waals surface area contributed by atoms with Crippen LogP contribution in [0.25, 0.3) is 6.08 Å². The number of rotatable bonds is 2. The lowest BCUT2D eigenvalue weighted by atomic mass is 9.64. The van der Waals surface area contributed by atoms with Crippen molar-refractivity contribution in [3.63, 3.8) is 0 Å². The predicted molar refractivity (Wildman–Crippen MR) is 62.4 cm³/mol. The number of Topliss-reactive ketones (excluding diaryl/α,β-unsaturated/α-hetero) is 1. The van der Waals surface area contributed by atoms with Gasteiger partial charge in [-0.25, -0.2) is 0 Å². The zero-order chi connectivity index (χ0) is 11.6. The second-order valence-corrected chi connectivity index (χ2v) is 4.32. The lowest BCUT2D eigenvalue weighted by molar-refractivity contribution is -0.128. The van der Waals surface area contributed by atoms with Gasteiger partial charge in [0.2, 0.25) is 0 Å². The largest absolute Gasteiger partial charge is 0.300 e. The monoisotopic (exact) mass is 211 g/mol. The van der Waals surface area contributed by atoms with E-state index in [4.69, 9.17) is 5.26 Å². The molecule has 1 saturated carbocycles. The molecule has 0 heterocycles. The molecule has 2 nitrogen and oxygen atoms in total. The first-order valence-corrected chi connectivity index (χ1v) is 5.33. The van der Waals surface area contributed by atoms with E-state index in [-0.39, 0.29) is 5.78 Å². The Kier molecular flexibility index (Phi) is 2.62. The molecule has 0 aliphatic heterocycles. The fourth-order valence-electron chi connectivity index (χ4n) is 2.00. The van der Waals surface area contributed by atoms with E-state index in [0.717, 1.165) is 11.1 Å². The Morgan fingerprint density at radius 3 is 2.50 bits per heavy atom. The van der Waals surface area contributed by atoms with Gasteiger partial charge in [0, 0.05) is 12.8 Å². The minimum Gasteiger partial charge on any atom is -0.300 e. The Morgan fingerprint density at radius 2 is 2.00 bits per heavy atom. The quantitative estimate of drug-likeness (QED) is 0.754. The topological polar surface area (TPSA) is 40.9 Å². The normalized spacial score (nSPS) is 18.8. The van der Waals surface area contributed by atoms with Crippen molar-refractivity contribution in [2.24, 2.45) is 5.41 Å². The molecule has 1 aliphatic carbocycles. The molecule has 16 heavy (non-hydrogen) atoms. The Morgan fingerprint density at radius 1 is 1.38 bits per heavy atom. The van der Waals surface area contributed by atoms with Gasteiger partial charge in [0.05, 0.1) is 11.5 Å². The van der Waals surface area contributed by atoms with Gasteiger partial charge in [-0.2, -0.15) is 5.26 Å². The van der Waals surface area contributed by atoms with Crippen LogP contribution in [-0.4, -0.2) is 5.78 Å². The highest BCUT2D eigenvalue weighted by Gasteiger charge is 2.45. The zero-order valence-electron chi connectivity index (χ0n) is 9.23. The van der Waals surface area contributed by atoms with Gasteiger partial charge >= 0.3 is 0 Å². The Labute approximate surface area is 95.2 Å². The van der Waals surface area contributed by atoms with Crippen molar-refractivity contribution < 1.29 is 4.79 Å². The summed E-state index contributed by atoms with van der Waals surface area (Å²) in [6.07, 6.45) is 2.74. The number of ketones is 1. The van der Waals surface area contributed by atoms with Gasteiger partial charge in [0.1, 0.15) is 5.78 Å². The third-order valence-electron chi connectivity index (χ3n) is 3.15. The molecule has 1 aromatic rings. The van der Waals surface area contributed by atoms with E-state index in [1.54, 1.807) is 0 Å². The second-order valence-electron chi connectivity index (χ2n) is 4.32. The van der Waals surface area contributed by atoms with Crippen molar-refractivity contribution >= 4 is 11.9 Å². The van der Waals surface area contributed by atoms with Gasteiger partial charge < -0.3 is 0 Å². The maximum absolute atomic E-state index is 11.1. The summed E-state index contributed by atoms with van der Waals surface area (Å²) in [4.78, 5) is 11.1. The minimum atomic E-state index is -0.535. The molecule has 0 atom stereocenters. The van der Waals surface area contributed by atoms with Gasteiger partial charge in [0.15, 0.2) is 0 Å². The second kappa shape index (κ2) is 3.94. The molecule has 1 fully saturated rings. The highest BCUT2D eigenvalue weighted by atomic mass is 16.1. The van der Waals surface area contributed by atoms with E-state index >= 15 is 0 Å². The maximum Gasteiger partial charge on any atom is 0.136 e. The van der Waals surface area contributed by atoms with E-state index in [1.807, 2.05) is 43.3 Å². The van der Waals surface area contributed by atoms with E-state index in [9.17, 15) is 4.79 Å². The van der Waals surface area contributed by atoms with Crippen molar-refractivity contribution in [1.82, 2.24) is 0 Å². The number of allylic oxidation sites excluding steroid dienone is 1. The summed E-state index contributed by atoms with van der Waals surface area (Å²) in [6.45, 7) is 1.93. The van der Waals surface area contributed by atoms with Gasteiger partial charge in [-0.1, -0.05) is 42.0 Å². The molecular formula is C14H13NO. The standard InChI is InChI=1S/C14H13NO/c1-11(7-12-5-3-2-4-6-12)14(10-15)8-13(16)9-14/h2-7H,8-9H2,1H3/b11-7+. The third kappa shape index (κ3) is 1.77. The molecule has 0 saturated heterocycles. The Bertz CT molecular complexity index is 471. The first-order valence-electron chi connectivity index (χ1n) is 5.33. The Balaban J connectivity index is 2.26. The molecule has 2 heteroatoms. The number of nitriles is 1. The first-order chi connectivity index (χ1) is 7.66. The summed E-state index contributed by atoms with van der Waals surface area (Å²) in [7, 11) is 0. The summed E-state index contributed by atoms with van der Waals surface area (Å²) in [5.74, 6) is 0.183. The number of carbonyl (C=O) groups excluding carboxylic acids is 1. The van der Waals surface area contributed by atoms with Crippen molar-refractivity contribution in [2.45, 2.75) is 19.8 Å². The lowest BCUT2D eigenvalue weighted by Gasteiger charge is -2.34. The highest BCUT2D eigenvalue weighted by molar-refractivity contribution is 5.89. The van der Waals surface area contributed by atoms with Crippen LogP contribution in [0.4, 0.5) is 0 Å². The van der Waals surface area contributed by atoms with Crippen molar-refractivity contribution in [2.75, 3.05) is 0 Å². The number of nitrogens with zero attached hydrogens (tertiary/aromatic N) is 1. The van der Waals surface area contributed by atoms with Crippen LogP contribution in [0.3, 0.4) is 0 Å². The summed E-state index contributed by atoms with van der Waals surface area (Å²) >= 11 is 0. The summed E-state index contributed by atoms with van der Waals surface area (Å²) in [6, 6.07) is 12.1. The summed E-state index contributed by atoms with van der Waals surface area (Å²) in [5.41, 5.74) is 1.53. The van der Waals surface area contributed by atoms with Crippen molar-refractivity contribution in [3.8, 4) is 6.07 Å². The van der Waals surface area contributed by atoms with E-state index in [1.165, 1.54) is 0 Å². The van der Waals surface area contributed by atoms with Crippen LogP contribution in [0.5, 0.6) is 0 Å². The highest BCUT2D eigenvalue weighted by Crippen LogP contribution is 2.44. The fourth-order valence-corrected chi connectivity index (χ4v) is 2.00. The van der Waals surface area contributed by atoms with Crippen LogP contribution in [-0.2, 0) is 4.79 Å². The van der Waals surface area contributed by atoms with Crippen LogP contribution >= 0.6 is 0 Å². The fraction of sp³-hybridized carbons (Fsp3) is 0.286. The molecule has 1 aromatic carbocycles. The molecule has 0 radical (unpaired) electrons. The van der Waals surface area contributed by atoms with Crippen molar-refractivity contribution in [3.05, 3.63) is 41.5 Å². The van der Waals surface area contributed by atoms with Crippen molar-refractivity contribution in [1.29, 1.82) is 5.26 Å². The van der Waals surface area contributed by atoms with E-state index < -0.39 is 5.41 Å². The van der Waals surface area contributed by atoms with Crippen LogP contribution < -0.4 is 0 Å². The first kappa shape index (κ1) is 10.6. The summed E-state index contributed by atoms with van der Waals surface area (Å²) in [5, 5.41) is 9.16.